The molecule has 0 aliphatic carbocycles. The lowest BCUT2D eigenvalue weighted by molar-refractivity contribution is 0.254. The molecule has 0 spiro atoms. The summed E-state index contributed by atoms with van der Waals surface area (Å²) in [6.07, 6.45) is 3.49. The lowest BCUT2D eigenvalue weighted by Crippen LogP contribution is -2.34. The minimum absolute atomic E-state index is 0.0573. The Bertz CT molecular complexity index is 600. The molecule has 0 saturated heterocycles. The first-order chi connectivity index (χ1) is 9.74. The molecule has 2 atom stereocenters. The number of nitrogens with zero attached hydrogens (tertiary/aromatic N) is 1. The van der Waals surface area contributed by atoms with Gasteiger partial charge in [0.05, 0.1) is 6.61 Å². The van der Waals surface area contributed by atoms with Gasteiger partial charge in [-0.1, -0.05) is 18.2 Å². The van der Waals surface area contributed by atoms with Gasteiger partial charge < -0.3 is 16.2 Å². The number of pyridine rings is 1. The van der Waals surface area contributed by atoms with E-state index >= 15 is 0 Å². The van der Waals surface area contributed by atoms with Gasteiger partial charge >= 0.3 is 0 Å². The second kappa shape index (κ2) is 5.51. The summed E-state index contributed by atoms with van der Waals surface area (Å²) < 4.78 is 5.69. The highest BCUT2D eigenvalue weighted by molar-refractivity contribution is 5.39. The van der Waals surface area contributed by atoms with E-state index in [-0.39, 0.29) is 6.04 Å². The summed E-state index contributed by atoms with van der Waals surface area (Å²) in [5.41, 5.74) is 14.5. The molecule has 4 nitrogen and oxygen atoms in total. The molecule has 1 aliphatic rings. The van der Waals surface area contributed by atoms with Crippen LogP contribution in [0.5, 0.6) is 5.75 Å². The molecule has 0 saturated carbocycles. The van der Waals surface area contributed by atoms with Gasteiger partial charge in [-0.15, -0.1) is 0 Å². The Labute approximate surface area is 118 Å². The predicted octanol–water partition coefficient (Wildman–Crippen LogP) is 2.10. The molecule has 4 N–H and O–H groups in total. The first kappa shape index (κ1) is 12.9. The number of aromatic nitrogens is 1. The zero-order valence-corrected chi connectivity index (χ0v) is 11.3. The summed E-state index contributed by atoms with van der Waals surface area (Å²) in [6.45, 7) is 0.730. The summed E-state index contributed by atoms with van der Waals surface area (Å²) in [5, 5.41) is 0. The zero-order valence-electron chi connectivity index (χ0n) is 11.3. The Morgan fingerprint density at radius 1 is 1.30 bits per heavy atom. The number of para-hydroxylation sites is 1. The van der Waals surface area contributed by atoms with Gasteiger partial charge in [0.25, 0.3) is 0 Å². The van der Waals surface area contributed by atoms with Crippen molar-refractivity contribution in [1.29, 1.82) is 0 Å². The molecule has 20 heavy (non-hydrogen) atoms. The maximum atomic E-state index is 6.43. The Morgan fingerprint density at radius 3 is 3.00 bits per heavy atom. The van der Waals surface area contributed by atoms with Crippen LogP contribution >= 0.6 is 0 Å². The molecular formula is C16H19N3O. The molecule has 2 aromatic rings. The fraction of sp³-hybridized carbons (Fsp3) is 0.312. The molecule has 0 radical (unpaired) electrons. The summed E-state index contributed by atoms with van der Waals surface area (Å²) >= 11 is 0. The van der Waals surface area contributed by atoms with Crippen LogP contribution in [0.25, 0.3) is 0 Å². The summed E-state index contributed by atoms with van der Waals surface area (Å²) in [7, 11) is 0. The van der Waals surface area contributed by atoms with Gasteiger partial charge in [0.2, 0.25) is 0 Å². The lowest BCUT2D eigenvalue weighted by Gasteiger charge is -2.30. The second-order valence-electron chi connectivity index (χ2n) is 5.24. The molecular weight excluding hydrogens is 250 g/mol. The van der Waals surface area contributed by atoms with Crippen LogP contribution in [0, 0.1) is 0 Å². The summed E-state index contributed by atoms with van der Waals surface area (Å²) in [4.78, 5) is 4.01. The van der Waals surface area contributed by atoms with E-state index in [1.54, 1.807) is 6.20 Å². The number of hydrogen-bond acceptors (Lipinski definition) is 4. The van der Waals surface area contributed by atoms with Crippen molar-refractivity contribution >= 4 is 5.82 Å². The lowest BCUT2D eigenvalue weighted by atomic mass is 9.84. The van der Waals surface area contributed by atoms with Gasteiger partial charge in [0, 0.05) is 18.2 Å². The van der Waals surface area contributed by atoms with Crippen LogP contribution in [0.1, 0.15) is 23.5 Å². The molecule has 1 aliphatic heterocycles. The van der Waals surface area contributed by atoms with Crippen molar-refractivity contribution < 1.29 is 4.74 Å². The number of nitrogens with two attached hydrogens (primary N) is 2. The normalized spacial score (nSPS) is 18.9. The van der Waals surface area contributed by atoms with E-state index in [4.69, 9.17) is 16.2 Å². The van der Waals surface area contributed by atoms with Crippen molar-refractivity contribution in [3.8, 4) is 5.75 Å². The number of benzene rings is 1. The maximum Gasteiger partial charge on any atom is 0.123 e. The SMILES string of the molecule is Nc1cc(CC(N)C2CCOc3ccccc32)ccn1. The molecule has 4 heteroatoms. The van der Waals surface area contributed by atoms with Gasteiger partial charge in [-0.25, -0.2) is 4.98 Å². The van der Waals surface area contributed by atoms with Crippen LogP contribution in [-0.4, -0.2) is 17.6 Å². The molecule has 0 fully saturated rings. The topological polar surface area (TPSA) is 74.2 Å². The van der Waals surface area contributed by atoms with Crippen molar-refractivity contribution in [2.24, 2.45) is 5.73 Å². The first-order valence-corrected chi connectivity index (χ1v) is 6.92. The van der Waals surface area contributed by atoms with Crippen LogP contribution in [-0.2, 0) is 6.42 Å². The third kappa shape index (κ3) is 2.60. The molecule has 3 rings (SSSR count). The zero-order chi connectivity index (χ0) is 13.9. The van der Waals surface area contributed by atoms with Gasteiger partial charge in [0.15, 0.2) is 0 Å². The predicted molar refractivity (Wildman–Crippen MR) is 79.6 cm³/mol. The highest BCUT2D eigenvalue weighted by Crippen LogP contribution is 2.35. The van der Waals surface area contributed by atoms with Gasteiger partial charge in [-0.05, 0) is 42.2 Å². The van der Waals surface area contributed by atoms with Crippen molar-refractivity contribution in [1.82, 2.24) is 4.98 Å². The van der Waals surface area contributed by atoms with Crippen molar-refractivity contribution in [2.75, 3.05) is 12.3 Å². The van der Waals surface area contributed by atoms with Crippen LogP contribution in [0.2, 0.25) is 0 Å². The largest absolute Gasteiger partial charge is 0.493 e. The summed E-state index contributed by atoms with van der Waals surface area (Å²) in [6, 6.07) is 12.1. The first-order valence-electron chi connectivity index (χ1n) is 6.92. The number of fused-ring (bicyclic) bond motifs is 1. The summed E-state index contributed by atoms with van der Waals surface area (Å²) in [5.74, 6) is 1.84. The molecule has 104 valence electrons. The van der Waals surface area contributed by atoms with Gasteiger partial charge in [-0.2, -0.15) is 0 Å². The molecule has 2 unspecified atom stereocenters. The molecule has 2 heterocycles. The number of rotatable bonds is 3. The minimum atomic E-state index is 0.0573. The smallest absolute Gasteiger partial charge is 0.123 e. The standard InChI is InChI=1S/C16H19N3O/c17-14(9-11-5-7-19-16(18)10-11)12-6-8-20-15-4-2-1-3-13(12)15/h1-5,7,10,12,14H,6,8-9,17H2,(H2,18,19). The van der Waals surface area contributed by atoms with Crippen LogP contribution in [0.4, 0.5) is 5.82 Å². The quantitative estimate of drug-likeness (QED) is 0.895. The second-order valence-corrected chi connectivity index (χ2v) is 5.24. The van der Waals surface area contributed by atoms with Crippen molar-refractivity contribution in [2.45, 2.75) is 24.8 Å². The Morgan fingerprint density at radius 2 is 2.15 bits per heavy atom. The van der Waals surface area contributed by atoms with E-state index in [1.807, 2.05) is 30.3 Å². The van der Waals surface area contributed by atoms with Crippen LogP contribution in [0.15, 0.2) is 42.6 Å². The van der Waals surface area contributed by atoms with E-state index in [2.05, 4.69) is 11.1 Å². The van der Waals surface area contributed by atoms with Gasteiger partial charge in [0.1, 0.15) is 11.6 Å². The third-order valence-corrected chi connectivity index (χ3v) is 3.84. The molecule has 0 bridgehead atoms. The number of nitrogen functional groups attached to an aromatic ring is 1. The highest BCUT2D eigenvalue weighted by atomic mass is 16.5. The number of ether oxygens (including phenoxy) is 1. The van der Waals surface area contributed by atoms with E-state index < -0.39 is 0 Å². The highest BCUT2D eigenvalue weighted by Gasteiger charge is 2.26. The van der Waals surface area contributed by atoms with Crippen molar-refractivity contribution in [3.63, 3.8) is 0 Å². The van der Waals surface area contributed by atoms with Crippen molar-refractivity contribution in [3.05, 3.63) is 53.7 Å². The van der Waals surface area contributed by atoms with E-state index in [1.165, 1.54) is 5.56 Å². The van der Waals surface area contributed by atoms with Crippen LogP contribution < -0.4 is 16.2 Å². The fourth-order valence-corrected chi connectivity index (χ4v) is 2.85. The van der Waals surface area contributed by atoms with E-state index in [9.17, 15) is 0 Å². The molecule has 1 aromatic carbocycles. The third-order valence-electron chi connectivity index (χ3n) is 3.84. The minimum Gasteiger partial charge on any atom is -0.493 e. The molecule has 1 aromatic heterocycles. The maximum absolute atomic E-state index is 6.43. The van der Waals surface area contributed by atoms with Gasteiger partial charge in [-0.3, -0.25) is 0 Å². The average Bonchev–Trinajstić information content (AvgIpc) is 2.46. The Balaban J connectivity index is 1.80. The van der Waals surface area contributed by atoms with E-state index in [0.29, 0.717) is 11.7 Å². The Kier molecular flexibility index (Phi) is 3.56. The number of anilines is 1. The average molecular weight is 269 g/mol. The Hall–Kier alpha value is -2.07. The fourth-order valence-electron chi connectivity index (χ4n) is 2.85. The monoisotopic (exact) mass is 269 g/mol. The van der Waals surface area contributed by atoms with E-state index in [0.717, 1.165) is 30.8 Å². The number of hydrogen-bond donors (Lipinski definition) is 2. The molecule has 0 amide bonds. The van der Waals surface area contributed by atoms with Crippen LogP contribution in [0.3, 0.4) is 0 Å².